The van der Waals surface area contributed by atoms with Crippen LogP contribution in [0.25, 0.3) is 11.1 Å². The monoisotopic (exact) mass is 485 g/mol. The number of carbonyl (C=O) groups excluding carboxylic acids is 1. The quantitative estimate of drug-likeness (QED) is 0.265. The van der Waals surface area contributed by atoms with Crippen molar-refractivity contribution in [3.8, 4) is 22.6 Å². The van der Waals surface area contributed by atoms with Gasteiger partial charge in [0.05, 0.1) is 11.3 Å². The van der Waals surface area contributed by atoms with Gasteiger partial charge in [-0.3, -0.25) is 4.79 Å². The summed E-state index contributed by atoms with van der Waals surface area (Å²) in [7, 11) is 0. The molecule has 2 N–H and O–H groups in total. The summed E-state index contributed by atoms with van der Waals surface area (Å²) in [6.07, 6.45) is 0.676. The molecule has 1 heterocycles. The van der Waals surface area contributed by atoms with Crippen molar-refractivity contribution in [2.75, 3.05) is 11.1 Å². The van der Waals surface area contributed by atoms with Gasteiger partial charge in [0.25, 0.3) is 0 Å². The highest BCUT2D eigenvalue weighted by Gasteiger charge is 2.22. The minimum Gasteiger partial charge on any atom is -0.478 e. The van der Waals surface area contributed by atoms with Crippen molar-refractivity contribution in [2.45, 2.75) is 11.3 Å². The van der Waals surface area contributed by atoms with Gasteiger partial charge in [-0.15, -0.1) is 11.8 Å². The average molecular weight is 486 g/mol. The second-order valence-corrected chi connectivity index (χ2v) is 9.08. The molecule has 7 heteroatoms. The Morgan fingerprint density at radius 3 is 2.40 bits per heavy atom. The Morgan fingerprint density at radius 1 is 0.914 bits per heavy atom. The predicted octanol–water partition coefficient (Wildman–Crippen LogP) is 6.62. The lowest BCUT2D eigenvalue weighted by molar-refractivity contribution is -0.113. The lowest BCUT2D eigenvalue weighted by Gasteiger charge is -2.23. The number of carboxylic acids is 1. The van der Waals surface area contributed by atoms with E-state index >= 15 is 0 Å². The highest BCUT2D eigenvalue weighted by Crippen LogP contribution is 2.43. The van der Waals surface area contributed by atoms with Crippen LogP contribution in [0.3, 0.4) is 0 Å². The van der Waals surface area contributed by atoms with Crippen LogP contribution in [0.5, 0.6) is 11.5 Å². The van der Waals surface area contributed by atoms with Crippen LogP contribution in [0.1, 0.15) is 21.5 Å². The first-order valence-corrected chi connectivity index (χ1v) is 11.9. The fourth-order valence-electron chi connectivity index (χ4n) is 3.92. The van der Waals surface area contributed by atoms with Gasteiger partial charge in [0.2, 0.25) is 5.91 Å². The molecule has 1 amide bonds. The minimum atomic E-state index is -1.02. The molecule has 0 bridgehead atoms. The first kappa shape index (κ1) is 22.7. The molecule has 0 saturated carbocycles. The van der Waals surface area contributed by atoms with Gasteiger partial charge < -0.3 is 15.2 Å². The topological polar surface area (TPSA) is 75.6 Å². The lowest BCUT2D eigenvalue weighted by Crippen LogP contribution is -2.14. The van der Waals surface area contributed by atoms with Gasteiger partial charge in [-0.1, -0.05) is 30.3 Å². The smallest absolute Gasteiger partial charge is 0.335 e. The molecule has 0 atom stereocenters. The van der Waals surface area contributed by atoms with Crippen LogP contribution in [-0.2, 0) is 11.2 Å². The summed E-state index contributed by atoms with van der Waals surface area (Å²) >= 11 is 1.40. The van der Waals surface area contributed by atoms with E-state index in [-0.39, 0.29) is 23.0 Å². The van der Waals surface area contributed by atoms with Crippen LogP contribution in [-0.4, -0.2) is 22.7 Å². The van der Waals surface area contributed by atoms with Crippen molar-refractivity contribution in [2.24, 2.45) is 0 Å². The zero-order chi connectivity index (χ0) is 24.4. The second kappa shape index (κ2) is 9.64. The Hall–Kier alpha value is -4.10. The molecule has 0 unspecified atom stereocenters. The zero-order valence-electron chi connectivity index (χ0n) is 18.5. The molecule has 0 aliphatic carbocycles. The van der Waals surface area contributed by atoms with Gasteiger partial charge in [-0.2, -0.15) is 0 Å². The van der Waals surface area contributed by atoms with Gasteiger partial charge in [0.15, 0.2) is 0 Å². The number of benzene rings is 4. The Balaban J connectivity index is 1.40. The number of halogens is 1. The van der Waals surface area contributed by atoms with Crippen molar-refractivity contribution in [3.05, 3.63) is 107 Å². The molecular formula is C28H20FNO4S. The first-order valence-electron chi connectivity index (χ1n) is 10.9. The zero-order valence-corrected chi connectivity index (χ0v) is 19.3. The summed E-state index contributed by atoms with van der Waals surface area (Å²) in [5.41, 5.74) is 4.47. The molecule has 5 rings (SSSR count). The molecule has 0 fully saturated rings. The van der Waals surface area contributed by atoms with E-state index in [1.54, 1.807) is 24.3 Å². The predicted molar refractivity (Wildman–Crippen MR) is 134 cm³/mol. The van der Waals surface area contributed by atoms with E-state index in [2.05, 4.69) is 5.32 Å². The summed E-state index contributed by atoms with van der Waals surface area (Å²) in [5.74, 6) is 0.137. The number of hydrogen-bond acceptors (Lipinski definition) is 4. The third kappa shape index (κ3) is 5.05. The third-order valence-electron chi connectivity index (χ3n) is 5.68. The number of ether oxygens (including phenoxy) is 1. The highest BCUT2D eigenvalue weighted by molar-refractivity contribution is 8.00. The maximum Gasteiger partial charge on any atom is 0.335 e. The largest absolute Gasteiger partial charge is 0.478 e. The molecular weight excluding hydrogens is 465 g/mol. The minimum absolute atomic E-state index is 0.154. The van der Waals surface area contributed by atoms with Crippen LogP contribution in [0, 0.1) is 5.82 Å². The van der Waals surface area contributed by atoms with Crippen LogP contribution in [0.4, 0.5) is 10.1 Å². The van der Waals surface area contributed by atoms with Gasteiger partial charge >= 0.3 is 5.97 Å². The van der Waals surface area contributed by atoms with E-state index in [1.165, 1.54) is 36.0 Å². The van der Waals surface area contributed by atoms with Crippen molar-refractivity contribution in [1.82, 2.24) is 0 Å². The van der Waals surface area contributed by atoms with E-state index in [9.17, 15) is 14.0 Å². The van der Waals surface area contributed by atoms with E-state index in [4.69, 9.17) is 9.84 Å². The fourth-order valence-corrected chi connectivity index (χ4v) is 4.83. The molecule has 174 valence electrons. The van der Waals surface area contributed by atoms with Crippen LogP contribution in [0.15, 0.2) is 89.8 Å². The Bertz CT molecular complexity index is 1420. The van der Waals surface area contributed by atoms with Crippen molar-refractivity contribution in [3.63, 3.8) is 0 Å². The first-order chi connectivity index (χ1) is 17.0. The van der Waals surface area contributed by atoms with Crippen LogP contribution in [0.2, 0.25) is 0 Å². The van der Waals surface area contributed by atoms with E-state index in [0.717, 1.165) is 38.6 Å². The summed E-state index contributed by atoms with van der Waals surface area (Å²) in [4.78, 5) is 24.6. The summed E-state index contributed by atoms with van der Waals surface area (Å²) in [6, 6.07) is 24.1. The number of hydrogen-bond donors (Lipinski definition) is 2. The number of aromatic carboxylic acids is 1. The van der Waals surface area contributed by atoms with Crippen LogP contribution < -0.4 is 10.1 Å². The van der Waals surface area contributed by atoms with Gasteiger partial charge in [0, 0.05) is 22.6 Å². The summed E-state index contributed by atoms with van der Waals surface area (Å²) in [6.45, 7) is 0. The fraction of sp³-hybridized carbons (Fsp3) is 0.0714. The lowest BCUT2D eigenvalue weighted by atomic mass is 9.96. The number of carbonyl (C=O) groups is 2. The number of anilines is 1. The summed E-state index contributed by atoms with van der Waals surface area (Å²) < 4.78 is 19.7. The second-order valence-electron chi connectivity index (χ2n) is 8.06. The molecule has 5 nitrogen and oxygen atoms in total. The summed E-state index contributed by atoms with van der Waals surface area (Å²) in [5, 5.41) is 11.8. The Labute approximate surface area is 205 Å². The molecule has 1 aliphatic heterocycles. The number of rotatable bonds is 6. The molecule has 0 radical (unpaired) electrons. The van der Waals surface area contributed by atoms with E-state index < -0.39 is 5.97 Å². The maximum atomic E-state index is 13.5. The normalized spacial score (nSPS) is 11.7. The number of nitrogens with one attached hydrogen (secondary N) is 1. The van der Waals surface area contributed by atoms with E-state index in [0.29, 0.717) is 12.1 Å². The Kier molecular flexibility index (Phi) is 6.25. The van der Waals surface area contributed by atoms with Crippen molar-refractivity contribution >= 4 is 29.3 Å². The van der Waals surface area contributed by atoms with Gasteiger partial charge in [0.1, 0.15) is 17.3 Å². The molecule has 4 aromatic carbocycles. The van der Waals surface area contributed by atoms with Crippen molar-refractivity contribution in [1.29, 1.82) is 0 Å². The molecule has 4 aromatic rings. The van der Waals surface area contributed by atoms with Crippen LogP contribution >= 0.6 is 11.8 Å². The SMILES string of the molecule is O=C(CSc1cc(-c2ccc(F)cc2)cc2c1Cc1ccccc1O2)Nc1ccc(C(=O)O)cc1. The Morgan fingerprint density at radius 2 is 1.66 bits per heavy atom. The van der Waals surface area contributed by atoms with Gasteiger partial charge in [-0.25, -0.2) is 9.18 Å². The number of amides is 1. The highest BCUT2D eigenvalue weighted by atomic mass is 32.2. The molecule has 0 aromatic heterocycles. The molecule has 0 saturated heterocycles. The number of carboxylic acid groups (broad SMARTS) is 1. The number of fused-ring (bicyclic) bond motifs is 2. The van der Waals surface area contributed by atoms with Gasteiger partial charge in [-0.05, 0) is 71.3 Å². The van der Waals surface area contributed by atoms with E-state index in [1.807, 2.05) is 36.4 Å². The number of para-hydroxylation sites is 1. The van der Waals surface area contributed by atoms with Crippen molar-refractivity contribution < 1.29 is 23.8 Å². The molecule has 35 heavy (non-hydrogen) atoms. The standard InChI is InChI=1S/C28H20FNO4S/c29-21-9-5-17(6-10-21)20-14-25-23(13-19-3-1-2-4-24(19)34-25)26(15-20)35-16-27(31)30-22-11-7-18(8-12-22)28(32)33/h1-12,14-15H,13,16H2,(H,30,31)(H,32,33). The average Bonchev–Trinajstić information content (AvgIpc) is 2.86. The third-order valence-corrected chi connectivity index (χ3v) is 6.76. The molecule has 1 aliphatic rings. The maximum absolute atomic E-state index is 13.5. The molecule has 0 spiro atoms. The number of thioether (sulfide) groups is 1.